The summed E-state index contributed by atoms with van der Waals surface area (Å²) >= 11 is 6.88. The minimum atomic E-state index is -1.62. The standard InChI is InChI=1S/C28H20Br2N2O3/c1-18(27(34)35-2)25(19-6-4-3-5-7-19)28(17-31)24-13-12-23(30)16-21(24)14-15-32(28)26(33)20-8-10-22(29)11-9-20/h3-16,25H,1H2,2H3/t25-,28-/m0/s1. The van der Waals surface area contributed by atoms with Gasteiger partial charge < -0.3 is 4.74 Å². The molecule has 7 heteroatoms. The fourth-order valence-corrected chi connectivity index (χ4v) is 5.09. The summed E-state index contributed by atoms with van der Waals surface area (Å²) < 4.78 is 6.66. The molecule has 0 spiro atoms. The Bertz CT molecular complexity index is 1380. The molecule has 1 amide bonds. The fraction of sp³-hybridized carbons (Fsp3) is 0.107. The molecule has 3 aromatic carbocycles. The van der Waals surface area contributed by atoms with Crippen molar-refractivity contribution in [2.24, 2.45) is 0 Å². The number of carbonyl (C=O) groups excluding carboxylic acids is 2. The minimum Gasteiger partial charge on any atom is -0.466 e. The van der Waals surface area contributed by atoms with Crippen LogP contribution in [0.3, 0.4) is 0 Å². The van der Waals surface area contributed by atoms with Gasteiger partial charge in [0.15, 0.2) is 5.54 Å². The zero-order valence-corrected chi connectivity index (χ0v) is 21.9. The zero-order valence-electron chi connectivity index (χ0n) is 18.7. The van der Waals surface area contributed by atoms with Gasteiger partial charge in [0, 0.05) is 31.8 Å². The van der Waals surface area contributed by atoms with Gasteiger partial charge in [-0.2, -0.15) is 5.26 Å². The van der Waals surface area contributed by atoms with Crippen molar-refractivity contribution in [3.63, 3.8) is 0 Å². The van der Waals surface area contributed by atoms with Gasteiger partial charge in [-0.1, -0.05) is 74.8 Å². The van der Waals surface area contributed by atoms with E-state index in [1.807, 2.05) is 42.5 Å². The lowest BCUT2D eigenvalue weighted by atomic mass is 9.68. The molecule has 1 aliphatic rings. The summed E-state index contributed by atoms with van der Waals surface area (Å²) in [6.07, 6.45) is 3.39. The molecule has 1 aliphatic heterocycles. The third kappa shape index (κ3) is 4.36. The number of halogens is 2. The highest BCUT2D eigenvalue weighted by Gasteiger charge is 2.53. The molecule has 174 valence electrons. The third-order valence-corrected chi connectivity index (χ3v) is 7.06. The number of nitrogens with zero attached hydrogens (tertiary/aromatic N) is 2. The van der Waals surface area contributed by atoms with Crippen LogP contribution in [0.1, 0.15) is 33.0 Å². The van der Waals surface area contributed by atoms with Gasteiger partial charge in [-0.05, 0) is 53.6 Å². The quantitative estimate of drug-likeness (QED) is 0.248. The SMILES string of the molecule is C=C(C(=O)OC)[C@@H](c1ccccc1)[C@]1(C#N)c2ccc(Br)cc2C=CN1C(=O)c1ccc(Br)cc1. The Labute approximate surface area is 220 Å². The van der Waals surface area contributed by atoms with Gasteiger partial charge in [0.05, 0.1) is 19.1 Å². The Balaban J connectivity index is 2.03. The van der Waals surface area contributed by atoms with Crippen molar-refractivity contribution >= 4 is 49.8 Å². The largest absolute Gasteiger partial charge is 0.466 e. The highest BCUT2D eigenvalue weighted by molar-refractivity contribution is 9.10. The van der Waals surface area contributed by atoms with Gasteiger partial charge in [-0.3, -0.25) is 9.69 Å². The molecule has 35 heavy (non-hydrogen) atoms. The van der Waals surface area contributed by atoms with E-state index < -0.39 is 17.4 Å². The molecule has 2 atom stereocenters. The lowest BCUT2D eigenvalue weighted by Gasteiger charge is -2.45. The van der Waals surface area contributed by atoms with Crippen LogP contribution in [-0.2, 0) is 15.1 Å². The molecule has 0 fully saturated rings. The van der Waals surface area contributed by atoms with Crippen LogP contribution in [0, 0.1) is 11.3 Å². The van der Waals surface area contributed by atoms with Gasteiger partial charge in [-0.15, -0.1) is 0 Å². The number of nitriles is 1. The van der Waals surface area contributed by atoms with Crippen molar-refractivity contribution in [1.82, 2.24) is 4.90 Å². The van der Waals surface area contributed by atoms with Crippen molar-refractivity contribution in [3.05, 3.63) is 122 Å². The molecular formula is C28H20Br2N2O3. The molecule has 3 aromatic rings. The predicted octanol–water partition coefficient (Wildman–Crippen LogP) is 6.57. The minimum absolute atomic E-state index is 0.0676. The van der Waals surface area contributed by atoms with Crippen LogP contribution >= 0.6 is 31.9 Å². The molecule has 5 nitrogen and oxygen atoms in total. The molecule has 0 saturated heterocycles. The maximum Gasteiger partial charge on any atom is 0.333 e. The first-order chi connectivity index (χ1) is 16.8. The molecule has 4 rings (SSSR count). The maximum atomic E-state index is 13.9. The second-order valence-electron chi connectivity index (χ2n) is 7.97. The van der Waals surface area contributed by atoms with E-state index in [0.29, 0.717) is 16.7 Å². The number of esters is 1. The van der Waals surface area contributed by atoms with Crippen LogP contribution in [0.2, 0.25) is 0 Å². The van der Waals surface area contributed by atoms with Crippen molar-refractivity contribution in [2.75, 3.05) is 7.11 Å². The monoisotopic (exact) mass is 590 g/mol. The molecule has 1 heterocycles. The molecule has 0 aromatic heterocycles. The van der Waals surface area contributed by atoms with Crippen molar-refractivity contribution in [1.29, 1.82) is 5.26 Å². The van der Waals surface area contributed by atoms with E-state index in [9.17, 15) is 14.9 Å². The lowest BCUT2D eigenvalue weighted by molar-refractivity contribution is -0.136. The van der Waals surface area contributed by atoms with Crippen LogP contribution in [0.15, 0.2) is 100 Å². The molecule has 0 bridgehead atoms. The van der Waals surface area contributed by atoms with Gasteiger partial charge >= 0.3 is 5.97 Å². The molecule has 0 N–H and O–H groups in total. The van der Waals surface area contributed by atoms with Crippen molar-refractivity contribution in [3.8, 4) is 6.07 Å². The second kappa shape index (κ2) is 10.0. The average Bonchev–Trinajstić information content (AvgIpc) is 2.88. The molecule has 0 aliphatic carbocycles. The Hall–Kier alpha value is -3.47. The first-order valence-electron chi connectivity index (χ1n) is 10.6. The average molecular weight is 592 g/mol. The van der Waals surface area contributed by atoms with Crippen LogP contribution in [0.25, 0.3) is 6.08 Å². The maximum absolute atomic E-state index is 13.9. The molecule has 0 unspecified atom stereocenters. The van der Waals surface area contributed by atoms with Gasteiger partial charge in [0.2, 0.25) is 0 Å². The van der Waals surface area contributed by atoms with Crippen molar-refractivity contribution < 1.29 is 14.3 Å². The number of fused-ring (bicyclic) bond motifs is 1. The third-order valence-electron chi connectivity index (χ3n) is 6.03. The summed E-state index contributed by atoms with van der Waals surface area (Å²) in [5.74, 6) is -1.95. The van der Waals surface area contributed by atoms with E-state index in [1.165, 1.54) is 12.0 Å². The summed E-state index contributed by atoms with van der Waals surface area (Å²) in [5, 5.41) is 10.9. The number of benzene rings is 3. The summed E-state index contributed by atoms with van der Waals surface area (Å²) in [4.78, 5) is 28.1. The van der Waals surface area contributed by atoms with E-state index in [2.05, 4.69) is 44.5 Å². The van der Waals surface area contributed by atoms with Gasteiger partial charge in [-0.25, -0.2) is 4.79 Å². The lowest BCUT2D eigenvalue weighted by Crippen LogP contribution is -2.52. The first-order valence-corrected chi connectivity index (χ1v) is 12.2. The predicted molar refractivity (Wildman–Crippen MR) is 141 cm³/mol. The van der Waals surface area contributed by atoms with E-state index in [-0.39, 0.29) is 11.5 Å². The smallest absolute Gasteiger partial charge is 0.333 e. The van der Waals surface area contributed by atoms with E-state index >= 15 is 0 Å². The summed E-state index contributed by atoms with van der Waals surface area (Å²) in [6, 6.07) is 23.9. The Morgan fingerprint density at radius 1 is 1.03 bits per heavy atom. The number of methoxy groups -OCH3 is 1. The highest BCUT2D eigenvalue weighted by atomic mass is 79.9. The Morgan fingerprint density at radius 2 is 1.69 bits per heavy atom. The summed E-state index contributed by atoms with van der Waals surface area (Å²) in [5.41, 5.74) is 0.824. The molecule has 0 saturated carbocycles. The number of ether oxygens (including phenoxy) is 1. The number of hydrogen-bond donors (Lipinski definition) is 0. The van der Waals surface area contributed by atoms with Crippen LogP contribution in [-0.4, -0.2) is 23.9 Å². The van der Waals surface area contributed by atoms with Gasteiger partial charge in [0.25, 0.3) is 5.91 Å². The van der Waals surface area contributed by atoms with Crippen LogP contribution in [0.4, 0.5) is 0 Å². The Morgan fingerprint density at radius 3 is 2.31 bits per heavy atom. The second-order valence-corrected chi connectivity index (χ2v) is 9.80. The van der Waals surface area contributed by atoms with E-state index in [0.717, 1.165) is 14.5 Å². The van der Waals surface area contributed by atoms with E-state index in [1.54, 1.807) is 42.6 Å². The summed E-state index contributed by atoms with van der Waals surface area (Å²) in [7, 11) is 1.27. The zero-order chi connectivity index (χ0) is 25.2. The first kappa shape index (κ1) is 24.6. The van der Waals surface area contributed by atoms with E-state index in [4.69, 9.17) is 4.74 Å². The highest BCUT2D eigenvalue weighted by Crippen LogP contribution is 2.50. The number of carbonyl (C=O) groups is 2. The Kier molecular flexibility index (Phi) is 7.06. The fourth-order valence-electron chi connectivity index (χ4n) is 4.44. The van der Waals surface area contributed by atoms with Crippen LogP contribution < -0.4 is 0 Å². The number of hydrogen-bond acceptors (Lipinski definition) is 4. The number of amides is 1. The van der Waals surface area contributed by atoms with Gasteiger partial charge in [0.1, 0.15) is 0 Å². The summed E-state index contributed by atoms with van der Waals surface area (Å²) in [6.45, 7) is 4.04. The molecular weight excluding hydrogens is 572 g/mol. The van der Waals surface area contributed by atoms with Crippen molar-refractivity contribution in [2.45, 2.75) is 11.5 Å². The normalized spacial score (nSPS) is 17.1. The topological polar surface area (TPSA) is 70.4 Å². The molecule has 0 radical (unpaired) electrons. The van der Waals surface area contributed by atoms with Crippen LogP contribution in [0.5, 0.6) is 0 Å². The number of rotatable bonds is 5.